The van der Waals surface area contributed by atoms with Gasteiger partial charge in [0.1, 0.15) is 5.15 Å². The molecule has 0 aliphatic rings. The predicted molar refractivity (Wildman–Crippen MR) is 83.3 cm³/mol. The van der Waals surface area contributed by atoms with Crippen molar-refractivity contribution in [2.75, 3.05) is 24.3 Å². The average molecular weight is 317 g/mol. The number of anilines is 3. The van der Waals surface area contributed by atoms with Crippen LogP contribution in [0.5, 0.6) is 0 Å². The van der Waals surface area contributed by atoms with Gasteiger partial charge >= 0.3 is 0 Å². The third-order valence-electron chi connectivity index (χ3n) is 2.51. The zero-order valence-corrected chi connectivity index (χ0v) is 12.7. The summed E-state index contributed by atoms with van der Waals surface area (Å²) in [6.45, 7) is 0. The summed E-state index contributed by atoms with van der Waals surface area (Å²) in [6.07, 6.45) is 0. The number of rotatable bonds is 3. The first-order valence-corrected chi connectivity index (χ1v) is 6.66. The molecule has 1 heterocycles. The second-order valence-electron chi connectivity index (χ2n) is 4.16. The highest BCUT2D eigenvalue weighted by molar-refractivity contribution is 6.43. The van der Waals surface area contributed by atoms with Crippen LogP contribution in [0.2, 0.25) is 15.2 Å². The molecule has 3 nitrogen and oxygen atoms in total. The second-order valence-corrected chi connectivity index (χ2v) is 5.33. The molecule has 0 fully saturated rings. The van der Waals surface area contributed by atoms with Gasteiger partial charge in [-0.2, -0.15) is 0 Å². The standard InChI is InChI=1S/C13H12Cl3N3/c1-19(2)9-5-3-4-8(6-9)17-13-11(15)7-10(14)12(16)18-13/h3-7H,1-2H3,(H,17,18). The van der Waals surface area contributed by atoms with Crippen LogP contribution in [0.15, 0.2) is 30.3 Å². The molecule has 1 aromatic heterocycles. The SMILES string of the molecule is CN(C)c1cccc(Nc2nc(Cl)c(Cl)cc2Cl)c1. The number of benzene rings is 1. The Kier molecular flexibility index (Phi) is 4.40. The summed E-state index contributed by atoms with van der Waals surface area (Å²) < 4.78 is 0. The van der Waals surface area contributed by atoms with Gasteiger partial charge in [-0.15, -0.1) is 0 Å². The molecule has 0 radical (unpaired) electrons. The van der Waals surface area contributed by atoms with Crippen LogP contribution in [0.25, 0.3) is 0 Å². The molecule has 0 amide bonds. The number of halogens is 3. The van der Waals surface area contributed by atoms with Crippen molar-refractivity contribution in [1.82, 2.24) is 4.98 Å². The van der Waals surface area contributed by atoms with Crippen LogP contribution >= 0.6 is 34.8 Å². The lowest BCUT2D eigenvalue weighted by Gasteiger charge is -2.14. The van der Waals surface area contributed by atoms with Crippen molar-refractivity contribution in [2.24, 2.45) is 0 Å². The number of nitrogens with one attached hydrogen (secondary N) is 1. The highest BCUT2D eigenvalue weighted by atomic mass is 35.5. The van der Waals surface area contributed by atoms with Crippen molar-refractivity contribution in [3.8, 4) is 0 Å². The fraction of sp³-hybridized carbons (Fsp3) is 0.154. The molecule has 0 aliphatic heterocycles. The van der Waals surface area contributed by atoms with E-state index in [0.717, 1.165) is 11.4 Å². The van der Waals surface area contributed by atoms with Gasteiger partial charge in [0.15, 0.2) is 5.82 Å². The first kappa shape index (κ1) is 14.3. The normalized spacial score (nSPS) is 10.4. The number of pyridine rings is 1. The molecule has 100 valence electrons. The molecule has 19 heavy (non-hydrogen) atoms. The lowest BCUT2D eigenvalue weighted by atomic mass is 10.2. The average Bonchev–Trinajstić information content (AvgIpc) is 2.36. The molecule has 0 atom stereocenters. The van der Waals surface area contributed by atoms with E-state index in [-0.39, 0.29) is 5.15 Å². The molecule has 0 bridgehead atoms. The van der Waals surface area contributed by atoms with Crippen LogP contribution < -0.4 is 10.2 Å². The lowest BCUT2D eigenvalue weighted by Crippen LogP contribution is -2.08. The van der Waals surface area contributed by atoms with Crippen molar-refractivity contribution >= 4 is 52.0 Å². The minimum absolute atomic E-state index is 0.220. The van der Waals surface area contributed by atoms with Gasteiger partial charge in [-0.25, -0.2) is 4.98 Å². The predicted octanol–water partition coefficient (Wildman–Crippen LogP) is 4.85. The Bertz CT molecular complexity index is 600. The highest BCUT2D eigenvalue weighted by Gasteiger charge is 2.08. The largest absolute Gasteiger partial charge is 0.378 e. The Morgan fingerprint density at radius 1 is 1.05 bits per heavy atom. The molecule has 0 saturated carbocycles. The van der Waals surface area contributed by atoms with E-state index >= 15 is 0 Å². The molecule has 0 spiro atoms. The molecule has 1 N–H and O–H groups in total. The lowest BCUT2D eigenvalue weighted by molar-refractivity contribution is 1.13. The zero-order chi connectivity index (χ0) is 14.0. The number of hydrogen-bond donors (Lipinski definition) is 1. The van der Waals surface area contributed by atoms with Crippen LogP contribution in [0.3, 0.4) is 0 Å². The molecule has 2 aromatic rings. The fourth-order valence-corrected chi connectivity index (χ4v) is 2.08. The molecule has 2 rings (SSSR count). The van der Waals surface area contributed by atoms with E-state index in [1.165, 1.54) is 0 Å². The summed E-state index contributed by atoms with van der Waals surface area (Å²) in [5, 5.41) is 4.10. The second kappa shape index (κ2) is 5.87. The summed E-state index contributed by atoms with van der Waals surface area (Å²) in [4.78, 5) is 6.13. The van der Waals surface area contributed by atoms with E-state index in [1.807, 2.05) is 43.3 Å². The van der Waals surface area contributed by atoms with Gasteiger partial charge in [0.25, 0.3) is 0 Å². The van der Waals surface area contributed by atoms with Crippen molar-refractivity contribution < 1.29 is 0 Å². The monoisotopic (exact) mass is 315 g/mol. The quantitative estimate of drug-likeness (QED) is 0.820. The summed E-state index contributed by atoms with van der Waals surface area (Å²) >= 11 is 17.8. The van der Waals surface area contributed by atoms with Crippen molar-refractivity contribution in [2.45, 2.75) is 0 Å². The van der Waals surface area contributed by atoms with E-state index in [2.05, 4.69) is 10.3 Å². The van der Waals surface area contributed by atoms with Gasteiger partial charge in [-0.05, 0) is 24.3 Å². The van der Waals surface area contributed by atoms with Crippen LogP contribution in [0.4, 0.5) is 17.2 Å². The molecule has 0 aliphatic carbocycles. The van der Waals surface area contributed by atoms with E-state index in [4.69, 9.17) is 34.8 Å². The maximum atomic E-state index is 6.08. The minimum atomic E-state index is 0.220. The van der Waals surface area contributed by atoms with E-state index in [0.29, 0.717) is 15.9 Å². The highest BCUT2D eigenvalue weighted by Crippen LogP contribution is 2.31. The third-order valence-corrected chi connectivity index (χ3v) is 3.47. The Hall–Kier alpha value is -1.16. The van der Waals surface area contributed by atoms with Gasteiger partial charge in [0, 0.05) is 25.5 Å². The van der Waals surface area contributed by atoms with Gasteiger partial charge in [-0.3, -0.25) is 0 Å². The summed E-state index contributed by atoms with van der Waals surface area (Å²) in [6, 6.07) is 9.43. The Balaban J connectivity index is 2.31. The molecule has 0 saturated heterocycles. The van der Waals surface area contributed by atoms with Crippen molar-refractivity contribution in [3.63, 3.8) is 0 Å². The van der Waals surface area contributed by atoms with E-state index in [9.17, 15) is 0 Å². The third kappa shape index (κ3) is 3.44. The van der Waals surface area contributed by atoms with Gasteiger partial charge in [0.05, 0.1) is 10.0 Å². The van der Waals surface area contributed by atoms with Crippen molar-refractivity contribution in [3.05, 3.63) is 45.5 Å². The van der Waals surface area contributed by atoms with Gasteiger partial charge in [-0.1, -0.05) is 40.9 Å². The molecule has 1 aromatic carbocycles. The van der Waals surface area contributed by atoms with E-state index < -0.39 is 0 Å². The Morgan fingerprint density at radius 2 is 1.79 bits per heavy atom. The van der Waals surface area contributed by atoms with Gasteiger partial charge in [0.2, 0.25) is 0 Å². The van der Waals surface area contributed by atoms with Crippen LogP contribution in [-0.4, -0.2) is 19.1 Å². The zero-order valence-electron chi connectivity index (χ0n) is 10.4. The smallest absolute Gasteiger partial charge is 0.151 e. The maximum absolute atomic E-state index is 6.08. The van der Waals surface area contributed by atoms with Gasteiger partial charge < -0.3 is 10.2 Å². The van der Waals surface area contributed by atoms with Crippen LogP contribution in [0, 0.1) is 0 Å². The summed E-state index contributed by atoms with van der Waals surface area (Å²) in [7, 11) is 3.95. The summed E-state index contributed by atoms with van der Waals surface area (Å²) in [5.74, 6) is 0.479. The summed E-state index contributed by atoms with van der Waals surface area (Å²) in [5.41, 5.74) is 1.94. The topological polar surface area (TPSA) is 28.2 Å². The fourth-order valence-electron chi connectivity index (χ4n) is 1.53. The minimum Gasteiger partial charge on any atom is -0.378 e. The first-order valence-electron chi connectivity index (χ1n) is 5.53. The Labute approximate surface area is 127 Å². The maximum Gasteiger partial charge on any atom is 0.151 e. The number of hydrogen-bond acceptors (Lipinski definition) is 3. The Morgan fingerprint density at radius 3 is 2.47 bits per heavy atom. The first-order chi connectivity index (χ1) is 8.97. The molecular formula is C13H12Cl3N3. The van der Waals surface area contributed by atoms with Crippen molar-refractivity contribution in [1.29, 1.82) is 0 Å². The number of aromatic nitrogens is 1. The molecule has 0 unspecified atom stereocenters. The van der Waals surface area contributed by atoms with E-state index in [1.54, 1.807) is 6.07 Å². The molecular weight excluding hydrogens is 305 g/mol. The van der Waals surface area contributed by atoms with Crippen LogP contribution in [-0.2, 0) is 0 Å². The van der Waals surface area contributed by atoms with Crippen LogP contribution in [0.1, 0.15) is 0 Å². The molecule has 6 heteroatoms. The number of nitrogens with zero attached hydrogens (tertiary/aromatic N) is 2.